The van der Waals surface area contributed by atoms with Crippen molar-refractivity contribution < 1.29 is 40.8 Å². The minimum absolute atomic E-state index is 0. The van der Waals surface area contributed by atoms with Crippen molar-refractivity contribution >= 4 is 0 Å². The third-order valence-electron chi connectivity index (χ3n) is 0.990. The second kappa shape index (κ2) is 3.92. The van der Waals surface area contributed by atoms with Gasteiger partial charge in [-0.05, 0) is 0 Å². The van der Waals surface area contributed by atoms with E-state index in [1.54, 1.807) is 0 Å². The zero-order valence-corrected chi connectivity index (χ0v) is 5.89. The van der Waals surface area contributed by atoms with Crippen molar-refractivity contribution in [2.75, 3.05) is 0 Å². The van der Waals surface area contributed by atoms with Gasteiger partial charge in [0.1, 0.15) is 0 Å². The molecule has 60 valence electrons. The summed E-state index contributed by atoms with van der Waals surface area (Å²) >= 11 is 0. The summed E-state index contributed by atoms with van der Waals surface area (Å²) in [5, 5.41) is 0. The molecule has 6 heteroatoms. The Morgan fingerprint density at radius 3 is 1.33 bits per heavy atom. The molecule has 0 N–H and O–H groups in total. The molecule has 12 heavy (non-hydrogen) atoms. The molecule has 0 nitrogen and oxygen atoms in total. The largest absolute Gasteiger partial charge is 1.00 e. The van der Waals surface area contributed by atoms with Gasteiger partial charge in [0, 0.05) is 0 Å². The second-order valence-corrected chi connectivity index (χ2v) is 1.69. The summed E-state index contributed by atoms with van der Waals surface area (Å²) < 4.78 is 59.9. The van der Waals surface area contributed by atoms with E-state index in [1.807, 2.05) is 0 Å². The maximum atomic E-state index is 12.0. The maximum Gasteiger partial charge on any atom is 1.00 e. The Balaban J connectivity index is 0.00000121. The first kappa shape index (κ1) is 11.5. The molecule has 0 saturated carbocycles. The molecule has 1 rings (SSSR count). The molecule has 0 aliphatic heterocycles. The summed E-state index contributed by atoms with van der Waals surface area (Å²) in [4.78, 5) is 0. The first-order valence-electron chi connectivity index (χ1n) is 2.44. The molecule has 0 fully saturated rings. The molecule has 0 radical (unpaired) electrons. The van der Waals surface area contributed by atoms with Gasteiger partial charge >= 0.3 is 18.9 Å². The zero-order valence-electron chi connectivity index (χ0n) is 5.89. The Bertz CT molecular complexity index is 272. The Morgan fingerprint density at radius 1 is 0.667 bits per heavy atom. The first-order valence-corrected chi connectivity index (χ1v) is 2.44. The summed E-state index contributed by atoms with van der Waals surface area (Å²) in [7, 11) is 0. The number of hydrogen-bond acceptors (Lipinski definition) is 0. The molecule has 0 heterocycles. The van der Waals surface area contributed by atoms with Crippen LogP contribution in [-0.4, -0.2) is 0 Å². The predicted molar refractivity (Wildman–Crippen MR) is 25.1 cm³/mol. The van der Waals surface area contributed by atoms with E-state index < -0.39 is 29.1 Å². The third-order valence-corrected chi connectivity index (χ3v) is 0.990. The Morgan fingerprint density at radius 2 is 1.00 bits per heavy atom. The van der Waals surface area contributed by atoms with Crippen molar-refractivity contribution in [3.8, 4) is 0 Å². The van der Waals surface area contributed by atoms with E-state index in [-0.39, 0.29) is 18.9 Å². The first-order chi connectivity index (χ1) is 5.04. The molecule has 0 atom stereocenters. The Hall–Kier alpha value is -0.533. The molecular weight excluding hydrogens is 174 g/mol. The molecule has 1 aromatic rings. The monoisotopic (exact) mass is 174 g/mol. The molecule has 1 aromatic carbocycles. The van der Waals surface area contributed by atoms with Crippen molar-refractivity contribution in [2.45, 2.75) is 0 Å². The van der Waals surface area contributed by atoms with E-state index in [0.717, 1.165) is 6.07 Å². The van der Waals surface area contributed by atoms with E-state index in [0.29, 0.717) is 0 Å². The summed E-state index contributed by atoms with van der Waals surface area (Å²) in [5.41, 5.74) is 0. The van der Waals surface area contributed by atoms with E-state index in [9.17, 15) is 22.0 Å². The average molecular weight is 174 g/mol. The van der Waals surface area contributed by atoms with Crippen molar-refractivity contribution in [1.82, 2.24) is 0 Å². The van der Waals surface area contributed by atoms with Gasteiger partial charge in [0.15, 0.2) is 0 Å². The van der Waals surface area contributed by atoms with Crippen LogP contribution in [-0.2, 0) is 0 Å². The minimum Gasteiger partial charge on any atom is -0.278 e. The van der Waals surface area contributed by atoms with Crippen LogP contribution in [0.2, 0.25) is 0 Å². The SMILES string of the molecule is Fc1[c-]c(F)c(F)c(F)c1F.[Li+]. The van der Waals surface area contributed by atoms with Gasteiger partial charge in [-0.25, -0.2) is 13.2 Å². The van der Waals surface area contributed by atoms with Crippen LogP contribution < -0.4 is 18.9 Å². The van der Waals surface area contributed by atoms with Crippen molar-refractivity contribution in [3.63, 3.8) is 0 Å². The molecule has 0 unspecified atom stereocenters. The predicted octanol–water partition coefficient (Wildman–Crippen LogP) is -0.814. The molecule has 0 bridgehead atoms. The fraction of sp³-hybridized carbons (Fsp3) is 0. The summed E-state index contributed by atoms with van der Waals surface area (Å²) in [6, 6.07) is 1.02. The van der Waals surface area contributed by atoms with Crippen LogP contribution in [0.15, 0.2) is 0 Å². The van der Waals surface area contributed by atoms with Gasteiger partial charge in [0.2, 0.25) is 0 Å². The number of rotatable bonds is 0. The van der Waals surface area contributed by atoms with Gasteiger partial charge in [0.05, 0.1) is 29.1 Å². The van der Waals surface area contributed by atoms with Gasteiger partial charge in [0.25, 0.3) is 0 Å². The van der Waals surface area contributed by atoms with Crippen LogP contribution in [0, 0.1) is 35.2 Å². The average Bonchev–Trinajstić information content (AvgIpc) is 1.97. The molecule has 0 saturated heterocycles. The van der Waals surface area contributed by atoms with E-state index in [2.05, 4.69) is 0 Å². The van der Waals surface area contributed by atoms with Gasteiger partial charge in [-0.3, -0.25) is 8.78 Å². The zero-order chi connectivity index (χ0) is 8.59. The van der Waals surface area contributed by atoms with Crippen molar-refractivity contribution in [1.29, 1.82) is 0 Å². The fourth-order valence-corrected chi connectivity index (χ4v) is 0.495. The molecule has 0 aliphatic rings. The molecule has 0 aliphatic carbocycles. The minimum atomic E-state index is -2.17. The standard InChI is InChI=1S/C6F5.Li/c7-2-1-3(8)5(10)6(11)4(2)9;/q-1;+1. The maximum absolute atomic E-state index is 12.0. The van der Waals surface area contributed by atoms with Crippen LogP contribution in [0.25, 0.3) is 0 Å². The number of hydrogen-bond donors (Lipinski definition) is 0. The topological polar surface area (TPSA) is 0 Å². The van der Waals surface area contributed by atoms with Crippen LogP contribution in [0.1, 0.15) is 0 Å². The molecular formula is C6F5Li. The molecule has 0 spiro atoms. The number of halogens is 5. The fourth-order valence-electron chi connectivity index (χ4n) is 0.495. The molecule has 0 amide bonds. The van der Waals surface area contributed by atoms with Gasteiger partial charge in [-0.15, -0.1) is 6.07 Å². The summed E-state index contributed by atoms with van der Waals surface area (Å²) in [6.07, 6.45) is 0. The smallest absolute Gasteiger partial charge is 0.278 e. The van der Waals surface area contributed by atoms with Gasteiger partial charge < -0.3 is 0 Å². The van der Waals surface area contributed by atoms with E-state index in [4.69, 9.17) is 0 Å². The van der Waals surface area contributed by atoms with Crippen LogP contribution in [0.4, 0.5) is 22.0 Å². The van der Waals surface area contributed by atoms with Crippen molar-refractivity contribution in [2.24, 2.45) is 0 Å². The van der Waals surface area contributed by atoms with Crippen molar-refractivity contribution in [3.05, 3.63) is 35.2 Å². The Kier molecular flexibility index (Phi) is 3.75. The van der Waals surface area contributed by atoms with Gasteiger partial charge in [-0.1, -0.05) is 0 Å². The third kappa shape index (κ3) is 1.79. The van der Waals surface area contributed by atoms with Gasteiger partial charge in [-0.2, -0.15) is 0 Å². The summed E-state index contributed by atoms with van der Waals surface area (Å²) in [5.74, 6) is -10.0. The van der Waals surface area contributed by atoms with E-state index in [1.165, 1.54) is 0 Å². The van der Waals surface area contributed by atoms with Crippen LogP contribution in [0.3, 0.4) is 0 Å². The van der Waals surface area contributed by atoms with Crippen LogP contribution >= 0.6 is 0 Å². The normalized spacial score (nSPS) is 9.42. The number of benzene rings is 1. The van der Waals surface area contributed by atoms with Crippen LogP contribution in [0.5, 0.6) is 0 Å². The quantitative estimate of drug-likeness (QED) is 0.158. The summed E-state index contributed by atoms with van der Waals surface area (Å²) in [6.45, 7) is 0. The Labute approximate surface area is 76.6 Å². The molecule has 0 aromatic heterocycles. The van der Waals surface area contributed by atoms with E-state index >= 15 is 0 Å². The second-order valence-electron chi connectivity index (χ2n) is 1.69.